The van der Waals surface area contributed by atoms with Crippen molar-refractivity contribution in [2.75, 3.05) is 6.61 Å². The van der Waals surface area contributed by atoms with Crippen molar-refractivity contribution in [3.05, 3.63) is 87.3 Å². The molecule has 0 bridgehead atoms. The van der Waals surface area contributed by atoms with E-state index < -0.39 is 12.0 Å². The molecule has 0 fully saturated rings. The Morgan fingerprint density at radius 2 is 2.00 bits per heavy atom. The van der Waals surface area contributed by atoms with Gasteiger partial charge in [-0.1, -0.05) is 49.4 Å². The second-order valence-electron chi connectivity index (χ2n) is 7.89. The van der Waals surface area contributed by atoms with Crippen LogP contribution >= 0.6 is 43.2 Å². The van der Waals surface area contributed by atoms with Crippen molar-refractivity contribution in [2.45, 2.75) is 39.7 Å². The van der Waals surface area contributed by atoms with E-state index in [-0.39, 0.29) is 12.2 Å². The number of halogens is 2. The summed E-state index contributed by atoms with van der Waals surface area (Å²) in [7, 11) is 0. The number of allylic oxidation sites excluding steroid dienone is 1. The van der Waals surface area contributed by atoms with Crippen LogP contribution in [0, 0.1) is 0 Å². The molecule has 1 unspecified atom stereocenters. The van der Waals surface area contributed by atoms with Crippen LogP contribution in [0.15, 0.2) is 64.9 Å². The third kappa shape index (κ3) is 4.58. The summed E-state index contributed by atoms with van der Waals surface area (Å²) in [5, 5.41) is 0. The highest BCUT2D eigenvalue weighted by Gasteiger charge is 2.33. The van der Waals surface area contributed by atoms with E-state index in [4.69, 9.17) is 9.15 Å². The molecule has 0 N–H and O–H groups in total. The lowest BCUT2D eigenvalue weighted by Crippen LogP contribution is -2.39. The van der Waals surface area contributed by atoms with Crippen molar-refractivity contribution in [1.29, 1.82) is 0 Å². The molecule has 2 aromatic heterocycles. The van der Waals surface area contributed by atoms with E-state index >= 15 is 0 Å². The second kappa shape index (κ2) is 9.56. The van der Waals surface area contributed by atoms with Crippen LogP contribution in [0.25, 0.3) is 6.08 Å². The smallest absolute Gasteiger partial charge is 0.338 e. The van der Waals surface area contributed by atoms with Gasteiger partial charge in [-0.3, -0.25) is 9.36 Å². The van der Waals surface area contributed by atoms with Crippen molar-refractivity contribution in [3.8, 4) is 0 Å². The lowest BCUT2D eigenvalue weighted by atomic mass is 9.93. The summed E-state index contributed by atoms with van der Waals surface area (Å²) < 4.78 is 14.3. The summed E-state index contributed by atoms with van der Waals surface area (Å²) >= 11 is 7.97. The lowest BCUT2D eigenvalue weighted by Gasteiger charge is -2.25. The zero-order valence-corrected chi connectivity index (χ0v) is 22.5. The maximum atomic E-state index is 13.5. The molecule has 3 aromatic rings. The zero-order valence-electron chi connectivity index (χ0n) is 18.5. The predicted octanol–water partition coefficient (Wildman–Crippen LogP) is 5.04. The van der Waals surface area contributed by atoms with E-state index in [0.29, 0.717) is 37.0 Å². The van der Waals surface area contributed by atoms with E-state index in [1.165, 1.54) is 16.9 Å². The Kier molecular flexibility index (Phi) is 6.93. The minimum atomic E-state index is -0.626. The Morgan fingerprint density at radius 3 is 2.58 bits per heavy atom. The molecule has 1 aliphatic rings. The molecule has 172 valence electrons. The van der Waals surface area contributed by atoms with Gasteiger partial charge < -0.3 is 9.15 Å². The Balaban J connectivity index is 1.93. The van der Waals surface area contributed by atoms with Crippen molar-refractivity contribution in [3.63, 3.8) is 0 Å². The third-order valence-electron chi connectivity index (χ3n) is 5.37. The molecule has 6 nitrogen and oxygen atoms in total. The summed E-state index contributed by atoms with van der Waals surface area (Å²) in [6, 6.07) is 9.15. The summed E-state index contributed by atoms with van der Waals surface area (Å²) in [4.78, 5) is 31.6. The molecule has 9 heteroatoms. The number of rotatable bonds is 5. The quantitative estimate of drug-likeness (QED) is 0.389. The number of thiazole rings is 1. The summed E-state index contributed by atoms with van der Waals surface area (Å²) in [6.07, 6.45) is 1.68. The van der Waals surface area contributed by atoms with Crippen LogP contribution in [0.3, 0.4) is 0 Å². The summed E-state index contributed by atoms with van der Waals surface area (Å²) in [5.74, 6) is 0.429. The molecule has 1 aliphatic heterocycles. The molecule has 4 rings (SSSR count). The van der Waals surface area contributed by atoms with Gasteiger partial charge in [-0.05, 0) is 68.8 Å². The third-order valence-corrected chi connectivity index (χ3v) is 8.07. The van der Waals surface area contributed by atoms with Crippen LogP contribution in [0.4, 0.5) is 0 Å². The topological polar surface area (TPSA) is 73.8 Å². The van der Waals surface area contributed by atoms with Crippen molar-refractivity contribution >= 4 is 55.2 Å². The maximum Gasteiger partial charge on any atom is 0.338 e. The first-order valence-electron chi connectivity index (χ1n) is 10.5. The molecule has 1 atom stereocenters. The number of esters is 1. The fourth-order valence-corrected chi connectivity index (χ4v) is 5.37. The van der Waals surface area contributed by atoms with Crippen LogP contribution in [0.1, 0.15) is 56.5 Å². The number of benzene rings is 1. The Bertz CT molecular complexity index is 1410. The Labute approximate surface area is 211 Å². The Hall–Kier alpha value is -2.23. The van der Waals surface area contributed by atoms with Crippen molar-refractivity contribution < 1.29 is 13.9 Å². The lowest BCUT2D eigenvalue weighted by molar-refractivity contribution is -0.139. The molecular formula is C24H22Br2N2O4S. The van der Waals surface area contributed by atoms with Crippen molar-refractivity contribution in [2.24, 2.45) is 4.99 Å². The fourth-order valence-electron chi connectivity index (χ4n) is 3.73. The van der Waals surface area contributed by atoms with Gasteiger partial charge >= 0.3 is 5.97 Å². The maximum absolute atomic E-state index is 13.5. The van der Waals surface area contributed by atoms with Gasteiger partial charge in [0, 0.05) is 6.08 Å². The highest BCUT2D eigenvalue weighted by atomic mass is 79.9. The molecule has 0 saturated carbocycles. The first-order valence-corrected chi connectivity index (χ1v) is 12.9. The fraction of sp³-hybridized carbons (Fsp3) is 0.292. The highest BCUT2D eigenvalue weighted by molar-refractivity contribution is 9.13. The van der Waals surface area contributed by atoms with Crippen molar-refractivity contribution in [1.82, 2.24) is 4.57 Å². The predicted molar refractivity (Wildman–Crippen MR) is 135 cm³/mol. The molecule has 0 saturated heterocycles. The average molecular weight is 594 g/mol. The van der Waals surface area contributed by atoms with Gasteiger partial charge in [0.05, 0.1) is 32.9 Å². The van der Waals surface area contributed by atoms with E-state index in [1.807, 2.05) is 24.3 Å². The molecule has 0 aliphatic carbocycles. The second-order valence-corrected chi connectivity index (χ2v) is 10.5. The van der Waals surface area contributed by atoms with Crippen LogP contribution in [0.5, 0.6) is 0 Å². The number of hydrogen-bond acceptors (Lipinski definition) is 6. The monoisotopic (exact) mass is 592 g/mol. The number of carbonyl (C=O) groups excluding carboxylic acids is 1. The molecule has 33 heavy (non-hydrogen) atoms. The van der Waals surface area contributed by atoms with Gasteiger partial charge in [-0.25, -0.2) is 9.79 Å². The number of fused-ring (bicyclic) bond motifs is 1. The van der Waals surface area contributed by atoms with E-state index in [9.17, 15) is 9.59 Å². The average Bonchev–Trinajstić information content (AvgIpc) is 3.25. The molecule has 0 amide bonds. The van der Waals surface area contributed by atoms with Crippen LogP contribution in [-0.4, -0.2) is 17.1 Å². The van der Waals surface area contributed by atoms with Gasteiger partial charge in [0.2, 0.25) is 0 Å². The number of hydrogen-bond donors (Lipinski definition) is 0. The SMILES string of the molecule is CCOC(=O)C1=C(C)N=c2sc(=Cc3cc(Br)c(Br)o3)c(=O)n2C1c1ccc(C(C)C)cc1. The van der Waals surface area contributed by atoms with E-state index in [1.54, 1.807) is 30.6 Å². The molecule has 0 spiro atoms. The first-order chi connectivity index (χ1) is 15.7. The van der Waals surface area contributed by atoms with Gasteiger partial charge in [-0.2, -0.15) is 0 Å². The number of carbonyl (C=O) groups is 1. The van der Waals surface area contributed by atoms with Gasteiger partial charge in [0.1, 0.15) is 5.76 Å². The molecular weight excluding hydrogens is 572 g/mol. The highest BCUT2D eigenvalue weighted by Crippen LogP contribution is 2.32. The minimum Gasteiger partial charge on any atom is -0.463 e. The molecule has 1 aromatic carbocycles. The van der Waals surface area contributed by atoms with Gasteiger partial charge in [0.25, 0.3) is 5.56 Å². The summed E-state index contributed by atoms with van der Waals surface area (Å²) in [6.45, 7) is 8.02. The zero-order chi connectivity index (χ0) is 23.9. The number of nitrogens with zero attached hydrogens (tertiary/aromatic N) is 2. The summed E-state index contributed by atoms with van der Waals surface area (Å²) in [5.41, 5.74) is 2.68. The Morgan fingerprint density at radius 1 is 1.30 bits per heavy atom. The van der Waals surface area contributed by atoms with Crippen LogP contribution < -0.4 is 14.9 Å². The largest absolute Gasteiger partial charge is 0.463 e. The van der Waals surface area contributed by atoms with Crippen LogP contribution in [0.2, 0.25) is 0 Å². The van der Waals surface area contributed by atoms with Gasteiger partial charge in [-0.15, -0.1) is 0 Å². The normalized spacial score (nSPS) is 16.2. The molecule has 3 heterocycles. The minimum absolute atomic E-state index is 0.237. The van der Waals surface area contributed by atoms with E-state index in [0.717, 1.165) is 10.0 Å². The van der Waals surface area contributed by atoms with Crippen LogP contribution in [-0.2, 0) is 9.53 Å². The standard InChI is InChI=1S/C24H22Br2N2O4S/c1-5-31-23(30)19-13(4)27-24-28(20(19)15-8-6-14(7-9-15)12(2)3)22(29)18(33-24)11-16-10-17(25)21(26)32-16/h6-12,20H,5H2,1-4H3. The number of aromatic nitrogens is 1. The number of ether oxygens (including phenoxy) is 1. The number of furan rings is 1. The molecule has 0 radical (unpaired) electrons. The van der Waals surface area contributed by atoms with E-state index in [2.05, 4.69) is 50.7 Å². The first kappa shape index (κ1) is 23.9. The van der Waals surface area contributed by atoms with Gasteiger partial charge in [0.15, 0.2) is 9.47 Å².